The Balaban J connectivity index is 0.000000606. The topological polar surface area (TPSA) is 0 Å². The molecule has 0 bridgehead atoms. The molecule has 6 heteroatoms. The Morgan fingerprint density at radius 2 is 1.00 bits per heavy atom. The van der Waals surface area contributed by atoms with Crippen molar-refractivity contribution in [3.63, 3.8) is 0 Å². The van der Waals surface area contributed by atoms with Gasteiger partial charge < -0.3 is 24.8 Å². The first-order valence-electron chi connectivity index (χ1n) is 14.9. The van der Waals surface area contributed by atoms with Crippen LogP contribution in [0.2, 0.25) is 32.4 Å². The normalized spacial score (nSPS) is 24.1. The number of allylic oxidation sites excluding steroid dienone is 16. The van der Waals surface area contributed by atoms with Crippen LogP contribution in [0.3, 0.4) is 0 Å². The van der Waals surface area contributed by atoms with Crippen LogP contribution in [0.25, 0.3) is 0 Å². The van der Waals surface area contributed by atoms with Gasteiger partial charge in [0, 0.05) is 11.8 Å². The van der Waals surface area contributed by atoms with E-state index < -0.39 is 33.7 Å². The number of halogens is 4. The van der Waals surface area contributed by atoms with Gasteiger partial charge in [-0.05, 0) is 75.0 Å². The molecule has 0 radical (unpaired) electrons. The fourth-order valence-electron chi connectivity index (χ4n) is 5.93. The van der Waals surface area contributed by atoms with Crippen LogP contribution in [-0.4, -0.2) is 0 Å². The van der Waals surface area contributed by atoms with Crippen molar-refractivity contribution < 1.29 is 58.5 Å². The summed E-state index contributed by atoms with van der Waals surface area (Å²) in [5.74, 6) is 1.19. The summed E-state index contributed by atoms with van der Waals surface area (Å²) in [4.78, 5) is 0. The van der Waals surface area contributed by atoms with Gasteiger partial charge in [0.1, 0.15) is 0 Å². The van der Waals surface area contributed by atoms with Crippen molar-refractivity contribution in [3.05, 3.63) is 87.6 Å². The molecule has 4 aliphatic rings. The predicted molar refractivity (Wildman–Crippen MR) is 177 cm³/mol. The van der Waals surface area contributed by atoms with Crippen molar-refractivity contribution in [1.29, 1.82) is 0 Å². The first-order chi connectivity index (χ1) is 17.2. The molecule has 0 aromatic carbocycles. The Morgan fingerprint density at radius 1 is 0.634 bits per heavy atom. The van der Waals surface area contributed by atoms with Crippen LogP contribution in [0.1, 0.15) is 68.2 Å². The molecule has 0 aliphatic heterocycles. The second-order valence-electron chi connectivity index (χ2n) is 16.4. The second kappa shape index (κ2) is 13.3. The van der Waals surface area contributed by atoms with E-state index in [1.165, 1.54) is 32.0 Å². The van der Waals surface area contributed by atoms with Crippen molar-refractivity contribution in [1.82, 2.24) is 0 Å². The molecule has 233 valence electrons. The maximum atomic E-state index is 6.51. The van der Waals surface area contributed by atoms with E-state index in [1.807, 2.05) is 20.0 Å². The van der Waals surface area contributed by atoms with E-state index in [0.717, 1.165) is 6.42 Å². The van der Waals surface area contributed by atoms with Gasteiger partial charge >= 0.3 is 139 Å². The third-order valence-electron chi connectivity index (χ3n) is 9.60. The molecular formula is C35H57Cl4Zr2. The van der Waals surface area contributed by atoms with E-state index in [1.54, 1.807) is 25.6 Å². The second-order valence-corrected chi connectivity index (χ2v) is 76.2. The van der Waals surface area contributed by atoms with E-state index in [4.69, 9.17) is 17.0 Å². The van der Waals surface area contributed by atoms with Crippen LogP contribution < -0.4 is 24.8 Å². The van der Waals surface area contributed by atoms with Gasteiger partial charge in [0.05, 0.1) is 0 Å². The standard InChI is InChI=1S/C18H26.2C5H5.7CH3.4ClH.2Zr/c1-9-10(2)14(6)17(13(9)5)18-15(7)11(3)12(4)16(18)8;2*1-2-4-5-3-1;;;;;;;;;;;;;/h13,15H,1-8H3;2*1-3H,4H2;7*1H3;4*1H;;/q;;;;;;;;;;;;;;2*+2/p-4. The number of hydrogen-bond donors (Lipinski definition) is 0. The number of rotatable bonds is 3. The van der Waals surface area contributed by atoms with Crippen LogP contribution in [0.15, 0.2) is 87.6 Å². The van der Waals surface area contributed by atoms with Gasteiger partial charge in [-0.1, -0.05) is 25.0 Å². The van der Waals surface area contributed by atoms with Gasteiger partial charge in [0.25, 0.3) is 0 Å². The summed E-state index contributed by atoms with van der Waals surface area (Å²) in [5, 5.41) is 0. The summed E-state index contributed by atoms with van der Waals surface area (Å²) in [5.41, 5.74) is 12.4. The van der Waals surface area contributed by atoms with Crippen molar-refractivity contribution in [2.45, 2.75) is 101 Å². The minimum Gasteiger partial charge on any atom is -1.00 e. The Morgan fingerprint density at radius 3 is 1.17 bits per heavy atom. The van der Waals surface area contributed by atoms with Gasteiger partial charge in [-0.15, -0.1) is 0 Å². The fourth-order valence-corrected chi connectivity index (χ4v) is 15.7. The molecule has 0 saturated carbocycles. The molecule has 0 heterocycles. The molecule has 0 spiro atoms. The minimum atomic E-state index is -3.83. The zero-order chi connectivity index (χ0) is 30.4. The summed E-state index contributed by atoms with van der Waals surface area (Å²) in [6, 6.07) is 0. The van der Waals surface area contributed by atoms with Crippen LogP contribution in [0.5, 0.6) is 0 Å². The molecule has 2 atom stereocenters. The Labute approximate surface area is 272 Å². The first-order valence-corrected chi connectivity index (χ1v) is 40.9. The van der Waals surface area contributed by atoms with Gasteiger partial charge in [-0.3, -0.25) is 0 Å². The van der Waals surface area contributed by atoms with Gasteiger partial charge in [-0.2, -0.15) is 0 Å². The van der Waals surface area contributed by atoms with Crippen molar-refractivity contribution in [3.8, 4) is 0 Å². The molecule has 0 amide bonds. The molecule has 0 aromatic rings. The zero-order valence-electron chi connectivity index (χ0n) is 28.5. The van der Waals surface area contributed by atoms with Crippen LogP contribution in [0.4, 0.5) is 0 Å². The minimum absolute atomic E-state index is 0. The molecule has 0 aromatic heterocycles. The summed E-state index contributed by atoms with van der Waals surface area (Å²) < 4.78 is 19.0. The smallest absolute Gasteiger partial charge is 1.00 e. The van der Waals surface area contributed by atoms with E-state index >= 15 is 0 Å². The molecule has 0 nitrogen and oxygen atoms in total. The third-order valence-corrected chi connectivity index (χ3v) is 26.5. The van der Waals surface area contributed by atoms with E-state index in [9.17, 15) is 0 Å². The maximum absolute atomic E-state index is 6.51. The average molecular weight is 802 g/mol. The van der Waals surface area contributed by atoms with E-state index in [-0.39, 0.29) is 24.8 Å². The third kappa shape index (κ3) is 10.4. The van der Waals surface area contributed by atoms with Crippen molar-refractivity contribution in [2.75, 3.05) is 0 Å². The molecule has 41 heavy (non-hydrogen) atoms. The molecular weight excluding hydrogens is 745 g/mol. The molecule has 2 unspecified atom stereocenters. The molecule has 4 aliphatic carbocycles. The van der Waals surface area contributed by atoms with E-state index in [0.29, 0.717) is 11.8 Å². The van der Waals surface area contributed by atoms with Gasteiger partial charge in [-0.25, -0.2) is 0 Å². The molecule has 0 saturated heterocycles. The maximum Gasteiger partial charge on any atom is -1.00 e. The molecule has 0 N–H and O–H groups in total. The van der Waals surface area contributed by atoms with Crippen molar-refractivity contribution in [2.24, 2.45) is 11.8 Å². The quantitative estimate of drug-likeness (QED) is 0.273. The van der Waals surface area contributed by atoms with Gasteiger partial charge in [0.15, 0.2) is 0 Å². The Kier molecular flexibility index (Phi) is 13.6. The first kappa shape index (κ1) is 41.8. The summed E-state index contributed by atoms with van der Waals surface area (Å²) in [6.45, 7) is 18.5. The largest absolute Gasteiger partial charge is 1.00 e. The molecule has 0 fully saturated rings. The summed E-state index contributed by atoms with van der Waals surface area (Å²) >= 11 is -6.04. The molecule has 4 rings (SSSR count). The summed E-state index contributed by atoms with van der Waals surface area (Å²) in [7, 11) is 13.0. The Hall–Kier alpha value is 0.846. The zero-order valence-corrected chi connectivity index (χ0v) is 36.5. The van der Waals surface area contributed by atoms with E-state index in [2.05, 4.69) is 104 Å². The van der Waals surface area contributed by atoms with Crippen LogP contribution >= 0.6 is 17.0 Å². The van der Waals surface area contributed by atoms with Gasteiger partial charge in [0.2, 0.25) is 0 Å². The summed E-state index contributed by atoms with van der Waals surface area (Å²) in [6.07, 6.45) is 15.2. The Bertz CT molecular complexity index is 1240. The van der Waals surface area contributed by atoms with Crippen LogP contribution in [0, 0.1) is 11.8 Å². The SMILES string of the molecule is CC1=C(C)C(C)C(C2=C(C)C(C)=C(C)C2C)=C1C.[CH3][Zr+2]([CH3])([CH3])([CH3])[C]1=CC=CC1.[CH3][Zr]([CH3])([CH3])([Cl])([Cl])[C]1=CC=CC1.[Cl-].[Cl-]. The van der Waals surface area contributed by atoms with Crippen LogP contribution in [-0.2, 0) is 33.7 Å². The monoisotopic (exact) mass is 797 g/mol. The van der Waals surface area contributed by atoms with Crippen molar-refractivity contribution >= 4 is 17.0 Å². The average Bonchev–Trinajstić information content (AvgIpc) is 3.56. The predicted octanol–water partition coefficient (Wildman–Crippen LogP) is 7.82. The number of hydrogen-bond acceptors (Lipinski definition) is 0. The fraction of sp³-hybridized carbons (Fsp3) is 0.543.